The van der Waals surface area contributed by atoms with E-state index in [1.807, 2.05) is 31.2 Å². The second kappa shape index (κ2) is 8.27. The predicted octanol–water partition coefficient (Wildman–Crippen LogP) is 0.689. The fourth-order valence-corrected chi connectivity index (χ4v) is 2.69. The summed E-state index contributed by atoms with van der Waals surface area (Å²) >= 11 is 0. The average molecular weight is 306 g/mol. The molecule has 1 aromatic rings. The van der Waals surface area contributed by atoms with Crippen LogP contribution < -0.4 is 0 Å². The minimum atomic E-state index is -0.524. The Hall–Kier alpha value is -1.43. The minimum Gasteiger partial charge on any atom is -0.390 e. The van der Waals surface area contributed by atoms with Crippen LogP contribution in [-0.2, 0) is 16.0 Å². The number of rotatable bonds is 6. The minimum absolute atomic E-state index is 0.0339. The van der Waals surface area contributed by atoms with Crippen molar-refractivity contribution in [3.8, 4) is 0 Å². The average Bonchev–Trinajstić information content (AvgIpc) is 2.48. The van der Waals surface area contributed by atoms with Crippen molar-refractivity contribution < 1.29 is 14.6 Å². The van der Waals surface area contributed by atoms with Crippen LogP contribution in [0, 0.1) is 6.92 Å². The van der Waals surface area contributed by atoms with Gasteiger partial charge in [0.15, 0.2) is 0 Å². The molecule has 1 atom stereocenters. The number of aliphatic hydroxyl groups is 1. The number of likely N-dealkylation sites (N-methyl/N-ethyl adjacent to an activating group) is 1. The van der Waals surface area contributed by atoms with Crippen LogP contribution in [0.1, 0.15) is 11.1 Å². The Labute approximate surface area is 132 Å². The molecular formula is C17H26N2O3. The molecule has 22 heavy (non-hydrogen) atoms. The van der Waals surface area contributed by atoms with E-state index in [1.54, 1.807) is 11.9 Å². The molecule has 0 bridgehead atoms. The van der Waals surface area contributed by atoms with Crippen LogP contribution in [0.15, 0.2) is 24.3 Å². The molecule has 1 N–H and O–H groups in total. The van der Waals surface area contributed by atoms with E-state index in [0.717, 1.165) is 37.4 Å². The summed E-state index contributed by atoms with van der Waals surface area (Å²) in [4.78, 5) is 16.0. The number of β-amino-alcohol motifs (C(OH)–C–C–N with tert-alkyl or cyclic N) is 1. The van der Waals surface area contributed by atoms with Gasteiger partial charge in [0.25, 0.3) is 0 Å². The Morgan fingerprint density at radius 2 is 2.14 bits per heavy atom. The van der Waals surface area contributed by atoms with Gasteiger partial charge in [-0.15, -0.1) is 0 Å². The molecule has 5 heteroatoms. The van der Waals surface area contributed by atoms with E-state index >= 15 is 0 Å². The molecule has 0 spiro atoms. The van der Waals surface area contributed by atoms with Gasteiger partial charge in [-0.2, -0.15) is 0 Å². The lowest BCUT2D eigenvalue weighted by atomic mass is 10.1. The van der Waals surface area contributed by atoms with E-state index in [2.05, 4.69) is 4.90 Å². The molecule has 1 heterocycles. The monoisotopic (exact) mass is 306 g/mol. The van der Waals surface area contributed by atoms with Crippen molar-refractivity contribution >= 4 is 5.91 Å². The molecule has 1 aliphatic rings. The molecule has 1 saturated heterocycles. The molecule has 0 aromatic heterocycles. The number of carbonyl (C=O) groups excluding carboxylic acids is 1. The quantitative estimate of drug-likeness (QED) is 0.840. The van der Waals surface area contributed by atoms with Crippen LogP contribution in [0.5, 0.6) is 0 Å². The van der Waals surface area contributed by atoms with E-state index in [9.17, 15) is 9.90 Å². The van der Waals surface area contributed by atoms with Crippen LogP contribution in [0.25, 0.3) is 0 Å². The number of morpholine rings is 1. The SMILES string of the molecule is Cc1cccc(CC(=O)N(C)C[C@@H](O)CN2CCOCC2)c1. The fraction of sp³-hybridized carbons (Fsp3) is 0.588. The smallest absolute Gasteiger partial charge is 0.226 e. The van der Waals surface area contributed by atoms with Crippen LogP contribution >= 0.6 is 0 Å². The van der Waals surface area contributed by atoms with Crippen molar-refractivity contribution in [1.82, 2.24) is 9.80 Å². The Morgan fingerprint density at radius 1 is 1.41 bits per heavy atom. The summed E-state index contributed by atoms with van der Waals surface area (Å²) in [6.45, 7) is 6.09. The summed E-state index contributed by atoms with van der Waals surface area (Å²) in [5, 5.41) is 10.2. The van der Waals surface area contributed by atoms with Crippen molar-refractivity contribution in [3.05, 3.63) is 35.4 Å². The predicted molar refractivity (Wildman–Crippen MR) is 85.8 cm³/mol. The van der Waals surface area contributed by atoms with Gasteiger partial charge in [0, 0.05) is 33.2 Å². The number of amides is 1. The lowest BCUT2D eigenvalue weighted by Gasteiger charge is -2.30. The molecule has 0 unspecified atom stereocenters. The third kappa shape index (κ3) is 5.40. The molecule has 0 saturated carbocycles. The highest BCUT2D eigenvalue weighted by Crippen LogP contribution is 2.07. The lowest BCUT2D eigenvalue weighted by Crippen LogP contribution is -2.45. The molecule has 5 nitrogen and oxygen atoms in total. The van der Waals surface area contributed by atoms with Gasteiger partial charge in [0.1, 0.15) is 0 Å². The molecule has 0 aliphatic carbocycles. The lowest BCUT2D eigenvalue weighted by molar-refractivity contribution is -0.130. The number of aliphatic hydroxyl groups excluding tert-OH is 1. The molecular weight excluding hydrogens is 280 g/mol. The fourth-order valence-electron chi connectivity index (χ4n) is 2.69. The maximum Gasteiger partial charge on any atom is 0.226 e. The summed E-state index contributed by atoms with van der Waals surface area (Å²) in [7, 11) is 1.75. The summed E-state index contributed by atoms with van der Waals surface area (Å²) in [6.07, 6.45) is -0.146. The zero-order valence-electron chi connectivity index (χ0n) is 13.5. The zero-order chi connectivity index (χ0) is 15.9. The Balaban J connectivity index is 1.77. The van der Waals surface area contributed by atoms with E-state index < -0.39 is 6.10 Å². The molecule has 1 amide bonds. The third-order valence-electron chi connectivity index (χ3n) is 3.92. The molecule has 122 valence electrons. The first kappa shape index (κ1) is 16.9. The number of benzene rings is 1. The molecule has 2 rings (SSSR count). The molecule has 1 aromatic carbocycles. The Kier molecular flexibility index (Phi) is 6.36. The van der Waals surface area contributed by atoms with Gasteiger partial charge < -0.3 is 14.7 Å². The highest BCUT2D eigenvalue weighted by Gasteiger charge is 2.18. The van der Waals surface area contributed by atoms with E-state index in [4.69, 9.17) is 4.74 Å². The van der Waals surface area contributed by atoms with Crippen molar-refractivity contribution in [2.24, 2.45) is 0 Å². The number of aryl methyl sites for hydroxylation is 1. The zero-order valence-corrected chi connectivity index (χ0v) is 13.5. The highest BCUT2D eigenvalue weighted by molar-refractivity contribution is 5.78. The van der Waals surface area contributed by atoms with Crippen molar-refractivity contribution in [3.63, 3.8) is 0 Å². The maximum absolute atomic E-state index is 12.2. The maximum atomic E-state index is 12.2. The molecule has 0 radical (unpaired) electrons. The van der Waals surface area contributed by atoms with Crippen molar-refractivity contribution in [2.75, 3.05) is 46.4 Å². The van der Waals surface area contributed by atoms with E-state index in [-0.39, 0.29) is 5.91 Å². The van der Waals surface area contributed by atoms with Crippen LogP contribution in [-0.4, -0.2) is 73.4 Å². The van der Waals surface area contributed by atoms with Crippen LogP contribution in [0.2, 0.25) is 0 Å². The van der Waals surface area contributed by atoms with Crippen molar-refractivity contribution in [2.45, 2.75) is 19.4 Å². The first-order valence-electron chi connectivity index (χ1n) is 7.82. The van der Waals surface area contributed by atoms with Crippen LogP contribution in [0.4, 0.5) is 0 Å². The second-order valence-corrected chi connectivity index (χ2v) is 6.01. The molecule has 1 fully saturated rings. The molecule has 1 aliphatic heterocycles. The van der Waals surface area contributed by atoms with Gasteiger partial charge in [-0.25, -0.2) is 0 Å². The number of carbonyl (C=O) groups is 1. The van der Waals surface area contributed by atoms with Gasteiger partial charge in [-0.3, -0.25) is 9.69 Å². The topological polar surface area (TPSA) is 53.0 Å². The summed E-state index contributed by atoms with van der Waals surface area (Å²) < 4.78 is 5.29. The van der Waals surface area contributed by atoms with Gasteiger partial charge in [-0.1, -0.05) is 29.8 Å². The standard InChI is InChI=1S/C17H26N2O3/c1-14-4-3-5-15(10-14)11-17(21)18(2)12-16(20)13-19-6-8-22-9-7-19/h3-5,10,16,20H,6-9,11-13H2,1-2H3/t16-/m1/s1. The first-order valence-corrected chi connectivity index (χ1v) is 7.82. The number of nitrogens with zero attached hydrogens (tertiary/aromatic N) is 2. The largest absolute Gasteiger partial charge is 0.390 e. The number of hydrogen-bond donors (Lipinski definition) is 1. The number of ether oxygens (including phenoxy) is 1. The van der Waals surface area contributed by atoms with Gasteiger partial charge in [0.05, 0.1) is 25.7 Å². The van der Waals surface area contributed by atoms with Gasteiger partial charge >= 0.3 is 0 Å². The Morgan fingerprint density at radius 3 is 2.82 bits per heavy atom. The second-order valence-electron chi connectivity index (χ2n) is 6.01. The highest BCUT2D eigenvalue weighted by atomic mass is 16.5. The van der Waals surface area contributed by atoms with Gasteiger partial charge in [0.2, 0.25) is 5.91 Å². The third-order valence-corrected chi connectivity index (χ3v) is 3.92. The normalized spacial score (nSPS) is 17.2. The summed E-state index contributed by atoms with van der Waals surface area (Å²) in [6, 6.07) is 7.97. The van der Waals surface area contributed by atoms with E-state index in [0.29, 0.717) is 19.5 Å². The van der Waals surface area contributed by atoms with Gasteiger partial charge in [-0.05, 0) is 12.5 Å². The summed E-state index contributed by atoms with van der Waals surface area (Å²) in [5.41, 5.74) is 2.17. The van der Waals surface area contributed by atoms with Crippen molar-refractivity contribution in [1.29, 1.82) is 0 Å². The Bertz CT molecular complexity index is 487. The van der Waals surface area contributed by atoms with E-state index in [1.165, 1.54) is 0 Å². The number of hydrogen-bond acceptors (Lipinski definition) is 4. The van der Waals surface area contributed by atoms with Crippen LogP contribution in [0.3, 0.4) is 0 Å². The first-order chi connectivity index (χ1) is 10.5. The summed E-state index contributed by atoms with van der Waals surface area (Å²) in [5.74, 6) is 0.0339.